The van der Waals surface area contributed by atoms with E-state index in [1.54, 1.807) is 0 Å². The van der Waals surface area contributed by atoms with E-state index in [-0.39, 0.29) is 23.5 Å². The van der Waals surface area contributed by atoms with Gasteiger partial charge in [-0.1, -0.05) is 24.3 Å². The van der Waals surface area contributed by atoms with Gasteiger partial charge < -0.3 is 15.5 Å². The van der Waals surface area contributed by atoms with E-state index in [1.165, 1.54) is 17.0 Å². The van der Waals surface area contributed by atoms with E-state index in [1.807, 2.05) is 12.5 Å². The molecule has 1 fully saturated rings. The van der Waals surface area contributed by atoms with Crippen molar-refractivity contribution < 1.29 is 0 Å². The van der Waals surface area contributed by atoms with Gasteiger partial charge in [-0.15, -0.1) is 0 Å². The number of nitrogens with zero attached hydrogens (tertiary/aromatic N) is 4. The highest BCUT2D eigenvalue weighted by molar-refractivity contribution is 5.93. The quantitative estimate of drug-likeness (QED) is 0.788. The maximum atomic E-state index is 6.70. The van der Waals surface area contributed by atoms with Gasteiger partial charge in [0.2, 0.25) is 0 Å². The van der Waals surface area contributed by atoms with Crippen molar-refractivity contribution >= 4 is 12.2 Å². The van der Waals surface area contributed by atoms with Crippen LogP contribution in [0.4, 0.5) is 0 Å². The normalized spacial score (nSPS) is 32.1. The van der Waals surface area contributed by atoms with Crippen LogP contribution in [0, 0.1) is 5.41 Å². The molecule has 1 aromatic carbocycles. The van der Waals surface area contributed by atoms with Gasteiger partial charge in [-0.25, -0.2) is 4.99 Å². The summed E-state index contributed by atoms with van der Waals surface area (Å²) in [6.45, 7) is 2.07. The van der Waals surface area contributed by atoms with Gasteiger partial charge in [-0.2, -0.15) is 0 Å². The van der Waals surface area contributed by atoms with E-state index < -0.39 is 0 Å². The van der Waals surface area contributed by atoms with Gasteiger partial charge in [0.25, 0.3) is 0 Å². The summed E-state index contributed by atoms with van der Waals surface area (Å²) in [4.78, 5) is 14.0. The first-order chi connectivity index (χ1) is 12.2. The molecule has 5 nitrogen and oxygen atoms in total. The van der Waals surface area contributed by atoms with Gasteiger partial charge >= 0.3 is 0 Å². The number of hydrogen-bond acceptors (Lipinski definition) is 5. The number of rotatable bonds is 0. The molecule has 0 saturated carbocycles. The Kier molecular flexibility index (Phi) is 3.29. The molecule has 1 spiro atoms. The number of likely N-dealkylation sites (N-methyl/N-ethyl adjacent to an activating group) is 1. The summed E-state index contributed by atoms with van der Waals surface area (Å²) in [5, 5.41) is 0. The van der Waals surface area contributed by atoms with Crippen molar-refractivity contribution in [2.75, 3.05) is 20.1 Å². The maximum Gasteiger partial charge on any atom is 0.129 e. The van der Waals surface area contributed by atoms with E-state index in [0.29, 0.717) is 0 Å². The maximum absolute atomic E-state index is 6.70. The average molecular weight is 335 g/mol. The van der Waals surface area contributed by atoms with Crippen molar-refractivity contribution in [3.05, 3.63) is 47.7 Å². The van der Waals surface area contributed by atoms with Crippen molar-refractivity contribution in [1.82, 2.24) is 9.80 Å². The number of amidine groups is 1. The summed E-state index contributed by atoms with van der Waals surface area (Å²) < 4.78 is 0. The molecule has 0 amide bonds. The molecule has 0 radical (unpaired) electrons. The van der Waals surface area contributed by atoms with Crippen LogP contribution in [0.15, 0.2) is 46.5 Å². The molecule has 3 aliphatic heterocycles. The third kappa shape index (κ3) is 2.18. The fraction of sp³-hybridized carbons (Fsp3) is 0.500. The highest BCUT2D eigenvalue weighted by atomic mass is 15.3. The van der Waals surface area contributed by atoms with Crippen LogP contribution in [0.3, 0.4) is 0 Å². The highest BCUT2D eigenvalue weighted by Crippen LogP contribution is 2.50. The van der Waals surface area contributed by atoms with Crippen LogP contribution in [0.5, 0.6) is 0 Å². The molecule has 3 heterocycles. The monoisotopic (exact) mass is 335 g/mol. The van der Waals surface area contributed by atoms with E-state index >= 15 is 0 Å². The summed E-state index contributed by atoms with van der Waals surface area (Å²) in [7, 11) is 2.10. The van der Waals surface area contributed by atoms with Crippen LogP contribution in [-0.2, 0) is 6.42 Å². The summed E-state index contributed by atoms with van der Waals surface area (Å²) in [6.07, 6.45) is 9.36. The lowest BCUT2D eigenvalue weighted by atomic mass is 9.73. The third-order valence-electron chi connectivity index (χ3n) is 6.61. The Morgan fingerprint density at radius 3 is 2.80 bits per heavy atom. The van der Waals surface area contributed by atoms with Gasteiger partial charge in [0, 0.05) is 32.4 Å². The zero-order chi connectivity index (χ0) is 17.0. The largest absolute Gasteiger partial charge is 0.358 e. The Morgan fingerprint density at radius 2 is 2.00 bits per heavy atom. The zero-order valence-corrected chi connectivity index (χ0v) is 14.7. The number of aliphatic imine (C=N–C) groups is 2. The predicted octanol–water partition coefficient (Wildman–Crippen LogP) is 1.96. The molecule has 1 aromatic rings. The number of fused-ring (bicyclic) bond motifs is 2. The second-order valence-electron chi connectivity index (χ2n) is 7.90. The second kappa shape index (κ2) is 5.43. The molecule has 5 rings (SSSR count). The SMILES string of the molecule is CN1C=NC2C=CN=C(N3CCC4(CC3)Cc3ccccc3[C@H]4N)C21. The van der Waals surface area contributed by atoms with Gasteiger partial charge in [0.15, 0.2) is 0 Å². The minimum absolute atomic E-state index is 0.171. The van der Waals surface area contributed by atoms with E-state index in [4.69, 9.17) is 10.7 Å². The molecular weight excluding hydrogens is 310 g/mol. The first-order valence-electron chi connectivity index (χ1n) is 9.26. The molecule has 1 saturated heterocycles. The number of piperidine rings is 1. The first kappa shape index (κ1) is 15.1. The molecule has 2 unspecified atom stereocenters. The Hall–Kier alpha value is -2.14. The second-order valence-corrected chi connectivity index (χ2v) is 7.90. The predicted molar refractivity (Wildman–Crippen MR) is 101 cm³/mol. The van der Waals surface area contributed by atoms with Crippen LogP contribution in [0.25, 0.3) is 0 Å². The molecule has 1 aliphatic carbocycles. The van der Waals surface area contributed by atoms with E-state index in [9.17, 15) is 0 Å². The Morgan fingerprint density at radius 1 is 1.20 bits per heavy atom. The lowest BCUT2D eigenvalue weighted by molar-refractivity contribution is 0.124. The smallest absolute Gasteiger partial charge is 0.129 e. The minimum Gasteiger partial charge on any atom is -0.358 e. The fourth-order valence-corrected chi connectivity index (χ4v) is 5.11. The fourth-order valence-electron chi connectivity index (χ4n) is 5.11. The average Bonchev–Trinajstić information content (AvgIpc) is 3.15. The minimum atomic E-state index is 0.171. The van der Waals surface area contributed by atoms with Crippen LogP contribution in [-0.4, -0.2) is 54.2 Å². The van der Waals surface area contributed by atoms with Crippen LogP contribution in [0.1, 0.15) is 30.0 Å². The first-order valence-corrected chi connectivity index (χ1v) is 9.26. The number of hydrogen-bond donors (Lipinski definition) is 1. The van der Waals surface area contributed by atoms with Crippen molar-refractivity contribution in [1.29, 1.82) is 0 Å². The highest BCUT2D eigenvalue weighted by Gasteiger charge is 2.47. The molecule has 0 aromatic heterocycles. The van der Waals surface area contributed by atoms with Crippen LogP contribution in [0.2, 0.25) is 0 Å². The van der Waals surface area contributed by atoms with Crippen molar-refractivity contribution in [3.63, 3.8) is 0 Å². The Balaban J connectivity index is 1.34. The third-order valence-corrected chi connectivity index (χ3v) is 6.61. The van der Waals surface area contributed by atoms with Crippen LogP contribution >= 0.6 is 0 Å². The summed E-state index contributed by atoms with van der Waals surface area (Å²) >= 11 is 0. The van der Waals surface area contributed by atoms with Gasteiger partial charge in [-0.3, -0.25) is 4.99 Å². The number of likely N-dealkylation sites (tertiary alicyclic amines) is 1. The number of nitrogens with two attached hydrogens (primary N) is 1. The lowest BCUT2D eigenvalue weighted by Crippen LogP contribution is -2.54. The van der Waals surface area contributed by atoms with E-state index in [2.05, 4.69) is 52.2 Å². The van der Waals surface area contributed by atoms with Gasteiger partial charge in [-0.05, 0) is 41.9 Å². The van der Waals surface area contributed by atoms with Crippen molar-refractivity contribution in [2.45, 2.75) is 37.4 Å². The molecule has 3 atom stereocenters. The lowest BCUT2D eigenvalue weighted by Gasteiger charge is -2.45. The van der Waals surface area contributed by atoms with Crippen molar-refractivity contribution in [2.24, 2.45) is 21.1 Å². The van der Waals surface area contributed by atoms with E-state index in [0.717, 1.165) is 32.4 Å². The molecular formula is C20H25N5. The topological polar surface area (TPSA) is 57.2 Å². The molecule has 4 aliphatic rings. The summed E-state index contributed by atoms with van der Waals surface area (Å²) in [6, 6.07) is 9.36. The molecule has 130 valence electrons. The molecule has 2 N–H and O–H groups in total. The molecule has 5 heteroatoms. The number of benzene rings is 1. The Labute approximate surface area is 148 Å². The summed E-state index contributed by atoms with van der Waals surface area (Å²) in [5.74, 6) is 1.17. The Bertz CT molecular complexity index is 772. The van der Waals surface area contributed by atoms with Gasteiger partial charge in [0.05, 0.1) is 12.4 Å². The van der Waals surface area contributed by atoms with Crippen molar-refractivity contribution in [3.8, 4) is 0 Å². The standard InChI is InChI=1S/C20H25N5/c1-24-13-23-16-6-9-22-19(17(16)24)25-10-7-20(8-11-25)12-14-4-2-3-5-15(14)18(20)21/h2-6,9,13,16-18H,7-8,10-12,21H2,1H3/t16?,17?,18-/m1/s1. The summed E-state index contributed by atoms with van der Waals surface area (Å²) in [5.41, 5.74) is 9.73. The molecule has 0 bridgehead atoms. The van der Waals surface area contributed by atoms with Crippen LogP contribution < -0.4 is 5.73 Å². The van der Waals surface area contributed by atoms with Gasteiger partial charge in [0.1, 0.15) is 11.9 Å². The molecule has 25 heavy (non-hydrogen) atoms. The zero-order valence-electron chi connectivity index (χ0n) is 14.7.